The maximum atomic E-state index is 6.33. The third-order valence-corrected chi connectivity index (χ3v) is 3.23. The summed E-state index contributed by atoms with van der Waals surface area (Å²) in [7, 11) is 0. The van der Waals surface area contributed by atoms with Crippen LogP contribution in [-0.4, -0.2) is 17.6 Å². The minimum Gasteiger partial charge on any atom is -0.374 e. The molecule has 2 rings (SSSR count). The van der Waals surface area contributed by atoms with Gasteiger partial charge in [0.2, 0.25) is 0 Å². The quantitative estimate of drug-likeness (QED) is 0.709. The topological polar surface area (TPSA) is 9.23 Å². The zero-order chi connectivity index (χ0) is 11.4. The van der Waals surface area contributed by atoms with Gasteiger partial charge in [-0.1, -0.05) is 42.5 Å². The van der Waals surface area contributed by atoms with Crippen molar-refractivity contribution < 1.29 is 4.74 Å². The van der Waals surface area contributed by atoms with Crippen LogP contribution in [0.5, 0.6) is 0 Å². The minimum absolute atomic E-state index is 0.107. The molecule has 16 heavy (non-hydrogen) atoms. The van der Waals surface area contributed by atoms with Gasteiger partial charge in [-0.2, -0.15) is 0 Å². The van der Waals surface area contributed by atoms with E-state index in [-0.39, 0.29) is 11.0 Å². The van der Waals surface area contributed by atoms with Gasteiger partial charge >= 0.3 is 0 Å². The fourth-order valence-electron chi connectivity index (χ4n) is 1.91. The molecule has 2 heteroatoms. The Hall–Kier alpha value is -0.790. The lowest BCUT2D eigenvalue weighted by molar-refractivity contribution is 0.0318. The molecule has 0 amide bonds. The van der Waals surface area contributed by atoms with Crippen molar-refractivity contribution in [3.05, 3.63) is 42.0 Å². The Labute approximate surface area is 102 Å². The molecule has 1 aliphatic rings. The first-order valence-corrected chi connectivity index (χ1v) is 6.07. The van der Waals surface area contributed by atoms with E-state index in [1.807, 2.05) is 18.2 Å². The molecule has 0 bridgehead atoms. The molecule has 0 N–H and O–H groups in total. The number of rotatable bonds is 2. The van der Waals surface area contributed by atoms with Gasteiger partial charge in [0.1, 0.15) is 0 Å². The molecule has 0 spiro atoms. The molecular weight excluding hydrogens is 220 g/mol. The number of hydrogen-bond acceptors (Lipinski definition) is 1. The molecule has 1 aromatic rings. The fourth-order valence-corrected chi connectivity index (χ4v) is 2.14. The van der Waals surface area contributed by atoms with Gasteiger partial charge in [0.15, 0.2) is 0 Å². The standard InChI is InChI=1S/C14H17ClO/c1-14(15)9-10-16-13(11-14)8-7-12-5-3-2-4-6-12/h2-8,13H,9-11H2,1H3/b8-7+. The second-order valence-corrected chi connectivity index (χ2v) is 5.46. The van der Waals surface area contributed by atoms with Gasteiger partial charge in [-0.15, -0.1) is 11.6 Å². The third kappa shape index (κ3) is 3.36. The first-order chi connectivity index (χ1) is 7.66. The average molecular weight is 237 g/mol. The Morgan fingerprint density at radius 2 is 2.12 bits per heavy atom. The highest BCUT2D eigenvalue weighted by Crippen LogP contribution is 2.31. The fraction of sp³-hybridized carbons (Fsp3) is 0.429. The van der Waals surface area contributed by atoms with Gasteiger partial charge in [0, 0.05) is 11.5 Å². The van der Waals surface area contributed by atoms with Crippen LogP contribution in [-0.2, 0) is 4.74 Å². The lowest BCUT2D eigenvalue weighted by Gasteiger charge is -2.31. The van der Waals surface area contributed by atoms with E-state index in [0.717, 1.165) is 19.4 Å². The first kappa shape index (κ1) is 11.7. The Morgan fingerprint density at radius 1 is 1.38 bits per heavy atom. The van der Waals surface area contributed by atoms with Gasteiger partial charge in [-0.3, -0.25) is 0 Å². The van der Waals surface area contributed by atoms with Crippen LogP contribution in [0.1, 0.15) is 25.3 Å². The van der Waals surface area contributed by atoms with E-state index in [4.69, 9.17) is 16.3 Å². The molecule has 1 fully saturated rings. The Morgan fingerprint density at radius 3 is 2.81 bits per heavy atom. The highest BCUT2D eigenvalue weighted by atomic mass is 35.5. The summed E-state index contributed by atoms with van der Waals surface area (Å²) < 4.78 is 5.66. The van der Waals surface area contributed by atoms with Crippen molar-refractivity contribution in [2.24, 2.45) is 0 Å². The molecular formula is C14H17ClO. The maximum Gasteiger partial charge on any atom is 0.0775 e. The van der Waals surface area contributed by atoms with Crippen LogP contribution < -0.4 is 0 Å². The third-order valence-electron chi connectivity index (χ3n) is 2.88. The van der Waals surface area contributed by atoms with Crippen LogP contribution in [0.15, 0.2) is 36.4 Å². The molecule has 0 aromatic heterocycles. The van der Waals surface area contributed by atoms with Crippen molar-refractivity contribution in [1.29, 1.82) is 0 Å². The monoisotopic (exact) mass is 236 g/mol. The minimum atomic E-state index is -0.107. The highest BCUT2D eigenvalue weighted by molar-refractivity contribution is 6.23. The lowest BCUT2D eigenvalue weighted by Crippen LogP contribution is -2.32. The van der Waals surface area contributed by atoms with Crippen LogP contribution in [0.3, 0.4) is 0 Å². The van der Waals surface area contributed by atoms with E-state index in [2.05, 4.69) is 31.2 Å². The van der Waals surface area contributed by atoms with Gasteiger partial charge in [0.25, 0.3) is 0 Å². The second kappa shape index (κ2) is 5.03. The van der Waals surface area contributed by atoms with Crippen LogP contribution in [0.25, 0.3) is 6.08 Å². The summed E-state index contributed by atoms with van der Waals surface area (Å²) in [5, 5.41) is 0. The number of benzene rings is 1. The summed E-state index contributed by atoms with van der Waals surface area (Å²) >= 11 is 6.33. The molecule has 0 aliphatic carbocycles. The number of ether oxygens (including phenoxy) is 1. The predicted molar refractivity (Wildman–Crippen MR) is 68.7 cm³/mol. The molecule has 0 saturated carbocycles. The van der Waals surface area contributed by atoms with Crippen molar-refractivity contribution in [2.45, 2.75) is 30.7 Å². The maximum absolute atomic E-state index is 6.33. The van der Waals surface area contributed by atoms with Crippen molar-refractivity contribution in [3.63, 3.8) is 0 Å². The molecule has 1 nitrogen and oxygen atoms in total. The van der Waals surface area contributed by atoms with Gasteiger partial charge in [-0.05, 0) is 25.3 Å². The number of halogens is 1. The number of alkyl halides is 1. The SMILES string of the molecule is CC1(Cl)CCOC(/C=C/c2ccccc2)C1. The van der Waals surface area contributed by atoms with E-state index >= 15 is 0 Å². The van der Waals surface area contributed by atoms with Crippen LogP contribution in [0.4, 0.5) is 0 Å². The zero-order valence-corrected chi connectivity index (χ0v) is 10.3. The summed E-state index contributed by atoms with van der Waals surface area (Å²) in [6.07, 6.45) is 6.18. The largest absolute Gasteiger partial charge is 0.374 e. The molecule has 2 atom stereocenters. The van der Waals surface area contributed by atoms with E-state index < -0.39 is 0 Å². The zero-order valence-electron chi connectivity index (χ0n) is 9.53. The van der Waals surface area contributed by atoms with E-state index in [0.29, 0.717) is 0 Å². The molecule has 1 heterocycles. The molecule has 2 unspecified atom stereocenters. The van der Waals surface area contributed by atoms with Gasteiger partial charge < -0.3 is 4.74 Å². The predicted octanol–water partition coefficient (Wildman–Crippen LogP) is 3.88. The molecule has 1 aliphatic heterocycles. The van der Waals surface area contributed by atoms with Crippen LogP contribution >= 0.6 is 11.6 Å². The van der Waals surface area contributed by atoms with E-state index in [1.165, 1.54) is 5.56 Å². The Bertz CT molecular complexity index is 356. The Balaban J connectivity index is 1.97. The van der Waals surface area contributed by atoms with Crippen molar-refractivity contribution >= 4 is 17.7 Å². The highest BCUT2D eigenvalue weighted by Gasteiger charge is 2.29. The summed E-state index contributed by atoms with van der Waals surface area (Å²) in [6.45, 7) is 2.84. The molecule has 0 radical (unpaired) electrons. The van der Waals surface area contributed by atoms with E-state index in [9.17, 15) is 0 Å². The van der Waals surface area contributed by atoms with Crippen LogP contribution in [0, 0.1) is 0 Å². The summed E-state index contributed by atoms with van der Waals surface area (Å²) in [4.78, 5) is -0.107. The normalized spacial score (nSPS) is 30.8. The molecule has 1 saturated heterocycles. The first-order valence-electron chi connectivity index (χ1n) is 5.69. The Kier molecular flexibility index (Phi) is 3.67. The van der Waals surface area contributed by atoms with Crippen molar-refractivity contribution in [3.8, 4) is 0 Å². The van der Waals surface area contributed by atoms with Gasteiger partial charge in [0.05, 0.1) is 6.10 Å². The smallest absolute Gasteiger partial charge is 0.0775 e. The van der Waals surface area contributed by atoms with E-state index in [1.54, 1.807) is 0 Å². The van der Waals surface area contributed by atoms with Crippen LogP contribution in [0.2, 0.25) is 0 Å². The molecule has 1 aromatic carbocycles. The molecule has 86 valence electrons. The summed E-state index contributed by atoms with van der Waals surface area (Å²) in [5.41, 5.74) is 1.20. The van der Waals surface area contributed by atoms with Gasteiger partial charge in [-0.25, -0.2) is 0 Å². The van der Waals surface area contributed by atoms with Crippen molar-refractivity contribution in [1.82, 2.24) is 0 Å². The second-order valence-electron chi connectivity index (χ2n) is 4.55. The average Bonchev–Trinajstić information content (AvgIpc) is 2.27. The number of hydrogen-bond donors (Lipinski definition) is 0. The van der Waals surface area contributed by atoms with Crippen molar-refractivity contribution in [2.75, 3.05) is 6.61 Å². The summed E-state index contributed by atoms with van der Waals surface area (Å²) in [6, 6.07) is 10.3. The lowest BCUT2D eigenvalue weighted by atomic mass is 9.96. The summed E-state index contributed by atoms with van der Waals surface area (Å²) in [5.74, 6) is 0.